The molecular weight excluding hydrogens is 254 g/mol. The first-order valence-electron chi connectivity index (χ1n) is 5.81. The van der Waals surface area contributed by atoms with E-state index in [0.29, 0.717) is 12.4 Å². The lowest BCUT2D eigenvalue weighted by atomic mass is 9.94. The molecular formula is C12H13NO6. The Morgan fingerprint density at radius 1 is 1.58 bits per heavy atom. The first-order valence-corrected chi connectivity index (χ1v) is 5.81. The summed E-state index contributed by atoms with van der Waals surface area (Å²) < 4.78 is 15.5. The highest BCUT2D eigenvalue weighted by Gasteiger charge is 2.38. The van der Waals surface area contributed by atoms with Crippen LogP contribution < -0.4 is 0 Å². The molecule has 1 atom stereocenters. The van der Waals surface area contributed by atoms with Crippen molar-refractivity contribution in [3.8, 4) is 0 Å². The second kappa shape index (κ2) is 5.55. The number of furan rings is 1. The highest BCUT2D eigenvalue weighted by atomic mass is 16.7. The highest BCUT2D eigenvalue weighted by Crippen LogP contribution is 2.32. The van der Waals surface area contributed by atoms with E-state index in [1.807, 2.05) is 0 Å². The summed E-state index contributed by atoms with van der Waals surface area (Å²) in [5.41, 5.74) is 0.175. The first-order chi connectivity index (χ1) is 9.13. The average Bonchev–Trinajstić information content (AvgIpc) is 2.98. The van der Waals surface area contributed by atoms with E-state index in [2.05, 4.69) is 0 Å². The quantitative estimate of drug-likeness (QED) is 0.572. The number of Topliss-reactive ketones (excluding diaryl/α,β-unsaturated/α-hetero) is 1. The Hall–Kier alpha value is -2.31. The van der Waals surface area contributed by atoms with Crippen LogP contribution in [0.25, 0.3) is 0 Å². The predicted octanol–water partition coefficient (Wildman–Crippen LogP) is 1.49. The summed E-state index contributed by atoms with van der Waals surface area (Å²) in [7, 11) is 0. The Morgan fingerprint density at radius 3 is 2.95 bits per heavy atom. The molecule has 0 aromatic carbocycles. The molecule has 7 heteroatoms. The van der Waals surface area contributed by atoms with Gasteiger partial charge in [-0.1, -0.05) is 0 Å². The van der Waals surface area contributed by atoms with E-state index in [-0.39, 0.29) is 23.9 Å². The van der Waals surface area contributed by atoms with Gasteiger partial charge in [0.25, 0.3) is 5.95 Å². The molecule has 0 N–H and O–H groups in total. The van der Waals surface area contributed by atoms with Gasteiger partial charge in [0.2, 0.25) is 12.3 Å². The van der Waals surface area contributed by atoms with Crippen molar-refractivity contribution in [3.05, 3.63) is 45.8 Å². The second-order valence-electron chi connectivity index (χ2n) is 3.93. The first kappa shape index (κ1) is 13.1. The van der Waals surface area contributed by atoms with Crippen molar-refractivity contribution in [2.24, 2.45) is 0 Å². The topological polar surface area (TPSA) is 91.8 Å². The summed E-state index contributed by atoms with van der Waals surface area (Å²) in [6, 6.07) is 3.21. The molecule has 1 aliphatic heterocycles. The second-order valence-corrected chi connectivity index (χ2v) is 3.93. The van der Waals surface area contributed by atoms with Crippen LogP contribution in [0.15, 0.2) is 34.3 Å². The lowest BCUT2D eigenvalue weighted by Gasteiger charge is -2.11. The molecule has 0 amide bonds. The largest absolute Gasteiger partial charge is 0.468 e. The fourth-order valence-corrected chi connectivity index (χ4v) is 1.95. The van der Waals surface area contributed by atoms with Gasteiger partial charge < -0.3 is 13.9 Å². The zero-order chi connectivity index (χ0) is 13.8. The number of ether oxygens (including phenoxy) is 2. The Morgan fingerprint density at radius 2 is 2.37 bits per heavy atom. The van der Waals surface area contributed by atoms with Crippen molar-refractivity contribution in [3.63, 3.8) is 0 Å². The lowest BCUT2D eigenvalue weighted by molar-refractivity contribution is -0.482. The molecule has 1 aliphatic rings. The van der Waals surface area contributed by atoms with E-state index in [0.717, 1.165) is 0 Å². The van der Waals surface area contributed by atoms with Crippen molar-refractivity contribution < 1.29 is 23.6 Å². The summed E-state index contributed by atoms with van der Waals surface area (Å²) >= 11 is 0. The average molecular weight is 267 g/mol. The Kier molecular flexibility index (Phi) is 3.84. The van der Waals surface area contributed by atoms with Crippen molar-refractivity contribution in [2.45, 2.75) is 12.8 Å². The molecule has 0 fully saturated rings. The Balaban J connectivity index is 2.38. The molecule has 1 aromatic heterocycles. The van der Waals surface area contributed by atoms with Gasteiger partial charge in [-0.15, -0.1) is 0 Å². The SMILES string of the molecule is CCOC1=C([C@H](C[N+](=O)[O-])c2ccco2)C(=O)CO1. The molecule has 102 valence electrons. The van der Waals surface area contributed by atoms with Crippen molar-refractivity contribution in [2.75, 3.05) is 19.8 Å². The Bertz CT molecular complexity index is 504. The van der Waals surface area contributed by atoms with E-state index in [9.17, 15) is 14.9 Å². The Labute approximate surface area is 108 Å². The molecule has 19 heavy (non-hydrogen) atoms. The fraction of sp³-hybridized carbons (Fsp3) is 0.417. The van der Waals surface area contributed by atoms with E-state index in [1.165, 1.54) is 6.26 Å². The van der Waals surface area contributed by atoms with Crippen LogP contribution in [0.2, 0.25) is 0 Å². The van der Waals surface area contributed by atoms with Crippen LogP contribution in [-0.4, -0.2) is 30.5 Å². The standard InChI is InChI=1S/C12H13NO6/c1-2-17-12-11(9(14)7-19-12)8(6-13(15)16)10-4-3-5-18-10/h3-5,8H,2,6-7H2,1H3/t8-/m1/s1. The van der Waals surface area contributed by atoms with Crippen LogP contribution in [0, 0.1) is 10.1 Å². The molecule has 0 aliphatic carbocycles. The van der Waals surface area contributed by atoms with Crippen LogP contribution in [0.5, 0.6) is 0 Å². The van der Waals surface area contributed by atoms with Gasteiger partial charge in [-0.3, -0.25) is 14.9 Å². The van der Waals surface area contributed by atoms with Crippen LogP contribution >= 0.6 is 0 Å². The smallest absolute Gasteiger partial charge is 0.287 e. The van der Waals surface area contributed by atoms with E-state index >= 15 is 0 Å². The number of rotatable bonds is 6. The molecule has 2 rings (SSSR count). The molecule has 0 saturated carbocycles. The third kappa shape index (κ3) is 2.75. The maximum absolute atomic E-state index is 11.9. The summed E-state index contributed by atoms with van der Waals surface area (Å²) in [5, 5.41) is 10.8. The minimum absolute atomic E-state index is 0.0655. The normalized spacial score (nSPS) is 16.4. The maximum Gasteiger partial charge on any atom is 0.287 e. The van der Waals surface area contributed by atoms with Crippen LogP contribution in [-0.2, 0) is 14.3 Å². The monoisotopic (exact) mass is 267 g/mol. The van der Waals surface area contributed by atoms with E-state index in [1.54, 1.807) is 19.1 Å². The summed E-state index contributed by atoms with van der Waals surface area (Å²) in [6.45, 7) is 1.45. The molecule has 7 nitrogen and oxygen atoms in total. The maximum atomic E-state index is 11.9. The van der Waals surface area contributed by atoms with Crippen LogP contribution in [0.4, 0.5) is 0 Å². The third-order valence-corrected chi connectivity index (χ3v) is 2.70. The van der Waals surface area contributed by atoms with Crippen LogP contribution in [0.1, 0.15) is 18.6 Å². The molecule has 1 aromatic rings. The van der Waals surface area contributed by atoms with Crippen molar-refractivity contribution in [1.82, 2.24) is 0 Å². The van der Waals surface area contributed by atoms with Crippen molar-refractivity contribution >= 4 is 5.78 Å². The van der Waals surface area contributed by atoms with Gasteiger partial charge >= 0.3 is 0 Å². The number of hydrogen-bond acceptors (Lipinski definition) is 6. The zero-order valence-corrected chi connectivity index (χ0v) is 10.3. The third-order valence-electron chi connectivity index (χ3n) is 2.70. The minimum Gasteiger partial charge on any atom is -0.468 e. The molecule has 2 heterocycles. The number of hydrogen-bond donors (Lipinski definition) is 0. The number of ketones is 1. The van der Waals surface area contributed by atoms with E-state index in [4.69, 9.17) is 13.9 Å². The lowest BCUT2D eigenvalue weighted by Crippen LogP contribution is -2.19. The van der Waals surface area contributed by atoms with Gasteiger partial charge in [-0.2, -0.15) is 0 Å². The summed E-state index contributed by atoms with van der Waals surface area (Å²) in [5.74, 6) is -0.688. The van der Waals surface area contributed by atoms with Crippen LogP contribution in [0.3, 0.4) is 0 Å². The summed E-state index contributed by atoms with van der Waals surface area (Å²) in [4.78, 5) is 22.1. The number of nitro groups is 1. The van der Waals surface area contributed by atoms with E-state index < -0.39 is 17.4 Å². The van der Waals surface area contributed by atoms with Gasteiger partial charge in [-0.25, -0.2) is 0 Å². The number of carbonyl (C=O) groups excluding carboxylic acids is 1. The fourth-order valence-electron chi connectivity index (χ4n) is 1.95. The molecule has 0 radical (unpaired) electrons. The number of nitrogens with zero attached hydrogens (tertiary/aromatic N) is 1. The minimum atomic E-state index is -0.790. The van der Waals surface area contributed by atoms with Gasteiger partial charge in [0.15, 0.2) is 6.61 Å². The summed E-state index contributed by atoms with van der Waals surface area (Å²) in [6.07, 6.45) is 1.41. The van der Waals surface area contributed by atoms with Gasteiger partial charge in [-0.05, 0) is 19.1 Å². The molecule has 0 saturated heterocycles. The van der Waals surface area contributed by atoms with Crippen molar-refractivity contribution in [1.29, 1.82) is 0 Å². The predicted molar refractivity (Wildman–Crippen MR) is 62.9 cm³/mol. The number of carbonyl (C=O) groups is 1. The van der Waals surface area contributed by atoms with Gasteiger partial charge in [0, 0.05) is 4.92 Å². The highest BCUT2D eigenvalue weighted by molar-refractivity contribution is 5.99. The molecule has 0 bridgehead atoms. The van der Waals surface area contributed by atoms with Gasteiger partial charge in [0.1, 0.15) is 11.7 Å². The molecule has 0 unspecified atom stereocenters. The molecule has 0 spiro atoms. The zero-order valence-electron chi connectivity index (χ0n) is 10.3. The van der Waals surface area contributed by atoms with Gasteiger partial charge in [0.05, 0.1) is 18.4 Å².